The zero-order valence-corrected chi connectivity index (χ0v) is 9.90. The van der Waals surface area contributed by atoms with E-state index in [1.54, 1.807) is 4.57 Å². The van der Waals surface area contributed by atoms with E-state index in [2.05, 4.69) is 4.98 Å². The summed E-state index contributed by atoms with van der Waals surface area (Å²) in [6.07, 6.45) is 0. The van der Waals surface area contributed by atoms with Gasteiger partial charge in [0, 0.05) is 12.5 Å². The summed E-state index contributed by atoms with van der Waals surface area (Å²) in [4.78, 5) is 16.6. The molecule has 0 bridgehead atoms. The molecule has 0 aliphatic rings. The molecule has 0 aliphatic heterocycles. The van der Waals surface area contributed by atoms with Crippen molar-refractivity contribution in [2.75, 3.05) is 0 Å². The van der Waals surface area contributed by atoms with E-state index in [-0.39, 0.29) is 11.5 Å². The van der Waals surface area contributed by atoms with Gasteiger partial charge in [0.05, 0.1) is 11.0 Å². The number of hydrogen-bond acceptors (Lipinski definition) is 2. The van der Waals surface area contributed by atoms with E-state index >= 15 is 0 Å². The molecule has 0 N–H and O–H groups in total. The van der Waals surface area contributed by atoms with Crippen LogP contribution in [0.3, 0.4) is 0 Å². The van der Waals surface area contributed by atoms with Crippen molar-refractivity contribution in [1.29, 1.82) is 0 Å². The highest BCUT2D eigenvalue weighted by molar-refractivity contribution is 5.74. The second-order valence-corrected chi connectivity index (χ2v) is 4.19. The first-order chi connectivity index (χ1) is 7.65. The molecule has 0 amide bonds. The molecular weight excluding hydrogens is 200 g/mol. The van der Waals surface area contributed by atoms with E-state index in [1.807, 2.05) is 45.0 Å². The van der Waals surface area contributed by atoms with Crippen molar-refractivity contribution in [2.45, 2.75) is 33.2 Å². The van der Waals surface area contributed by atoms with Crippen molar-refractivity contribution in [2.24, 2.45) is 0 Å². The van der Waals surface area contributed by atoms with Crippen LogP contribution in [-0.4, -0.2) is 9.55 Å². The molecule has 1 aromatic heterocycles. The summed E-state index contributed by atoms with van der Waals surface area (Å²) in [5.74, 6) is 0.162. The maximum absolute atomic E-state index is 12.2. The van der Waals surface area contributed by atoms with Gasteiger partial charge in [0.25, 0.3) is 5.56 Å². The van der Waals surface area contributed by atoms with E-state index in [0.717, 1.165) is 11.0 Å². The number of para-hydroxylation sites is 2. The van der Waals surface area contributed by atoms with E-state index < -0.39 is 0 Å². The van der Waals surface area contributed by atoms with Gasteiger partial charge in [-0.25, -0.2) is 4.98 Å². The van der Waals surface area contributed by atoms with Crippen LogP contribution in [0.25, 0.3) is 11.0 Å². The van der Waals surface area contributed by atoms with Crippen LogP contribution in [0.5, 0.6) is 0 Å². The highest BCUT2D eigenvalue weighted by Crippen LogP contribution is 2.13. The average molecular weight is 216 g/mol. The SMILES string of the molecule is CCn1c(=O)c(C(C)C)nc2ccccc21. The molecule has 1 aromatic carbocycles. The molecule has 0 radical (unpaired) electrons. The molecule has 0 aliphatic carbocycles. The van der Waals surface area contributed by atoms with Crippen molar-refractivity contribution in [1.82, 2.24) is 9.55 Å². The maximum Gasteiger partial charge on any atom is 0.272 e. The fraction of sp³-hybridized carbons (Fsp3) is 0.385. The lowest BCUT2D eigenvalue weighted by Gasteiger charge is -2.11. The van der Waals surface area contributed by atoms with Crippen LogP contribution < -0.4 is 5.56 Å². The summed E-state index contributed by atoms with van der Waals surface area (Å²) in [6.45, 7) is 6.66. The molecule has 0 saturated heterocycles. The second kappa shape index (κ2) is 4.08. The first-order valence-electron chi connectivity index (χ1n) is 5.64. The molecule has 84 valence electrons. The minimum atomic E-state index is 0.0381. The Balaban J connectivity index is 2.88. The molecular formula is C13H16N2O. The standard InChI is InChI=1S/C13H16N2O/c1-4-15-11-8-6-5-7-10(11)14-12(9(2)3)13(15)16/h5-9H,4H2,1-3H3. The topological polar surface area (TPSA) is 34.9 Å². The monoisotopic (exact) mass is 216 g/mol. The Bertz CT molecular complexity index is 570. The predicted octanol–water partition coefficient (Wildman–Crippen LogP) is 2.54. The van der Waals surface area contributed by atoms with Gasteiger partial charge in [-0.1, -0.05) is 26.0 Å². The number of fused-ring (bicyclic) bond motifs is 1. The van der Waals surface area contributed by atoms with Crippen LogP contribution in [-0.2, 0) is 6.54 Å². The summed E-state index contributed by atoms with van der Waals surface area (Å²) in [6, 6.07) is 7.78. The van der Waals surface area contributed by atoms with Crippen LogP contribution in [0.15, 0.2) is 29.1 Å². The number of benzene rings is 1. The van der Waals surface area contributed by atoms with Gasteiger partial charge in [-0.05, 0) is 19.1 Å². The molecule has 0 unspecified atom stereocenters. The number of nitrogens with zero attached hydrogens (tertiary/aromatic N) is 2. The van der Waals surface area contributed by atoms with E-state index in [1.165, 1.54) is 0 Å². The lowest BCUT2D eigenvalue weighted by Crippen LogP contribution is -2.25. The quantitative estimate of drug-likeness (QED) is 0.773. The molecule has 0 spiro atoms. The summed E-state index contributed by atoms with van der Waals surface area (Å²) in [5, 5.41) is 0. The highest BCUT2D eigenvalue weighted by atomic mass is 16.1. The lowest BCUT2D eigenvalue weighted by atomic mass is 10.1. The normalized spacial score (nSPS) is 11.2. The molecule has 2 aromatic rings. The number of aromatic nitrogens is 2. The summed E-state index contributed by atoms with van der Waals surface area (Å²) < 4.78 is 1.79. The van der Waals surface area contributed by atoms with Crippen LogP contribution in [0.1, 0.15) is 32.4 Å². The summed E-state index contributed by atoms with van der Waals surface area (Å²) >= 11 is 0. The van der Waals surface area contributed by atoms with Gasteiger partial charge in [0.1, 0.15) is 5.69 Å². The van der Waals surface area contributed by atoms with Gasteiger partial charge in [0.2, 0.25) is 0 Å². The Kier molecular flexibility index (Phi) is 2.77. The molecule has 0 atom stereocenters. The molecule has 3 heteroatoms. The molecule has 1 heterocycles. The van der Waals surface area contributed by atoms with Gasteiger partial charge >= 0.3 is 0 Å². The van der Waals surface area contributed by atoms with Crippen LogP contribution in [0.2, 0.25) is 0 Å². The summed E-state index contributed by atoms with van der Waals surface area (Å²) in [5.41, 5.74) is 2.50. The highest BCUT2D eigenvalue weighted by Gasteiger charge is 2.11. The van der Waals surface area contributed by atoms with E-state index in [4.69, 9.17) is 0 Å². The third kappa shape index (κ3) is 1.62. The minimum Gasteiger partial charge on any atom is -0.305 e. The van der Waals surface area contributed by atoms with Crippen molar-refractivity contribution in [3.63, 3.8) is 0 Å². The summed E-state index contributed by atoms with van der Waals surface area (Å²) in [7, 11) is 0. The Morgan fingerprint density at radius 1 is 1.31 bits per heavy atom. The fourth-order valence-corrected chi connectivity index (χ4v) is 1.90. The smallest absolute Gasteiger partial charge is 0.272 e. The van der Waals surface area contributed by atoms with Gasteiger partial charge < -0.3 is 4.57 Å². The second-order valence-electron chi connectivity index (χ2n) is 4.19. The molecule has 3 nitrogen and oxygen atoms in total. The van der Waals surface area contributed by atoms with Crippen molar-refractivity contribution in [3.05, 3.63) is 40.3 Å². The maximum atomic E-state index is 12.2. The molecule has 2 rings (SSSR count). The van der Waals surface area contributed by atoms with Crippen LogP contribution >= 0.6 is 0 Å². The molecule has 0 fully saturated rings. The number of rotatable bonds is 2. The fourth-order valence-electron chi connectivity index (χ4n) is 1.90. The Morgan fingerprint density at radius 3 is 2.62 bits per heavy atom. The van der Waals surface area contributed by atoms with E-state index in [9.17, 15) is 4.79 Å². The zero-order valence-electron chi connectivity index (χ0n) is 9.90. The average Bonchev–Trinajstić information content (AvgIpc) is 2.28. The van der Waals surface area contributed by atoms with Crippen LogP contribution in [0, 0.1) is 0 Å². The van der Waals surface area contributed by atoms with Crippen LogP contribution in [0.4, 0.5) is 0 Å². The van der Waals surface area contributed by atoms with Crippen molar-refractivity contribution < 1.29 is 0 Å². The zero-order chi connectivity index (χ0) is 11.7. The Labute approximate surface area is 94.7 Å². The molecule has 16 heavy (non-hydrogen) atoms. The van der Waals surface area contributed by atoms with Gasteiger partial charge in [0.15, 0.2) is 0 Å². The predicted molar refractivity (Wildman–Crippen MR) is 65.8 cm³/mol. The first-order valence-corrected chi connectivity index (χ1v) is 5.64. The number of hydrogen-bond donors (Lipinski definition) is 0. The Morgan fingerprint density at radius 2 is 2.00 bits per heavy atom. The van der Waals surface area contributed by atoms with Crippen molar-refractivity contribution in [3.8, 4) is 0 Å². The minimum absolute atomic E-state index is 0.0381. The number of aryl methyl sites for hydroxylation is 1. The first kappa shape index (κ1) is 10.9. The van der Waals surface area contributed by atoms with Crippen molar-refractivity contribution >= 4 is 11.0 Å². The van der Waals surface area contributed by atoms with Gasteiger partial charge in [-0.15, -0.1) is 0 Å². The molecule has 0 saturated carbocycles. The van der Waals surface area contributed by atoms with E-state index in [0.29, 0.717) is 12.2 Å². The lowest BCUT2D eigenvalue weighted by molar-refractivity contribution is 0.708. The van der Waals surface area contributed by atoms with Gasteiger partial charge in [-0.3, -0.25) is 4.79 Å². The largest absolute Gasteiger partial charge is 0.305 e. The van der Waals surface area contributed by atoms with Gasteiger partial charge in [-0.2, -0.15) is 0 Å². The third-order valence-corrected chi connectivity index (χ3v) is 2.74. The Hall–Kier alpha value is -1.64. The third-order valence-electron chi connectivity index (χ3n) is 2.74.